The number of nitrogens with zero attached hydrogens (tertiary/aromatic N) is 4. The second-order valence-electron chi connectivity index (χ2n) is 7.51. The molecule has 1 aromatic carbocycles. The summed E-state index contributed by atoms with van der Waals surface area (Å²) in [5.74, 6) is 1.44. The van der Waals surface area contributed by atoms with Gasteiger partial charge in [0.05, 0.1) is 19.5 Å². The molecule has 2 aromatic heterocycles. The van der Waals surface area contributed by atoms with Crippen LogP contribution in [0.2, 0.25) is 0 Å². The van der Waals surface area contributed by atoms with Gasteiger partial charge in [-0.3, -0.25) is 0 Å². The van der Waals surface area contributed by atoms with Gasteiger partial charge in [-0.1, -0.05) is 19.4 Å². The van der Waals surface area contributed by atoms with Crippen molar-refractivity contribution in [3.8, 4) is 11.5 Å². The molecule has 0 bridgehead atoms. The van der Waals surface area contributed by atoms with Crippen LogP contribution >= 0.6 is 0 Å². The molecule has 0 radical (unpaired) electrons. The van der Waals surface area contributed by atoms with E-state index in [0.717, 1.165) is 58.8 Å². The topological polar surface area (TPSA) is 61.0 Å². The lowest BCUT2D eigenvalue weighted by molar-refractivity contribution is 0.0784. The first-order valence-electron chi connectivity index (χ1n) is 9.74. The number of hydrogen-bond donors (Lipinski definition) is 0. The zero-order chi connectivity index (χ0) is 19.9. The Balaban J connectivity index is 1.95. The van der Waals surface area contributed by atoms with Crippen LogP contribution in [0.5, 0.6) is 11.5 Å². The Morgan fingerprint density at radius 1 is 1.21 bits per heavy atom. The summed E-state index contributed by atoms with van der Waals surface area (Å²) in [7, 11) is 1.66. The number of ether oxygens (including phenoxy) is 2. The third kappa shape index (κ3) is 2.93. The monoisotopic (exact) mass is 378 g/mol. The number of aryl methyl sites for hydroxylation is 2. The molecule has 0 amide bonds. The van der Waals surface area contributed by atoms with E-state index in [9.17, 15) is 0 Å². The van der Waals surface area contributed by atoms with Crippen LogP contribution in [0, 0.1) is 13.8 Å². The standard InChI is InChI=1S/C22H26N4O2/c1-6-7-11-22(4)25-19(16-9-8-10-18(27-5)20(16)28-22)17-13-23-21-15(3)14(2)12-24-26(17)21/h8-10,12-13H,6-7,11H2,1-5H3. The fourth-order valence-electron chi connectivity index (χ4n) is 3.61. The fourth-order valence-corrected chi connectivity index (χ4v) is 3.61. The molecule has 0 saturated carbocycles. The van der Waals surface area contributed by atoms with Gasteiger partial charge in [-0.05, 0) is 50.5 Å². The average Bonchev–Trinajstić information content (AvgIpc) is 3.13. The van der Waals surface area contributed by atoms with Crippen LogP contribution < -0.4 is 9.47 Å². The molecule has 0 spiro atoms. The van der Waals surface area contributed by atoms with Crippen molar-refractivity contribution in [3.63, 3.8) is 0 Å². The first-order chi connectivity index (χ1) is 13.5. The maximum atomic E-state index is 6.36. The van der Waals surface area contributed by atoms with Gasteiger partial charge >= 0.3 is 0 Å². The van der Waals surface area contributed by atoms with Crippen LogP contribution in [-0.2, 0) is 0 Å². The van der Waals surface area contributed by atoms with E-state index in [0.29, 0.717) is 5.75 Å². The molecule has 4 rings (SSSR count). The molecular weight excluding hydrogens is 352 g/mol. The lowest BCUT2D eigenvalue weighted by Gasteiger charge is -2.33. The predicted octanol–water partition coefficient (Wildman–Crippen LogP) is 4.49. The zero-order valence-corrected chi connectivity index (χ0v) is 17.1. The molecule has 1 aliphatic rings. The van der Waals surface area contributed by atoms with E-state index >= 15 is 0 Å². The number of fused-ring (bicyclic) bond motifs is 2. The highest BCUT2D eigenvalue weighted by atomic mass is 16.5. The second-order valence-corrected chi connectivity index (χ2v) is 7.51. The Bertz CT molecular complexity index is 1070. The Morgan fingerprint density at radius 3 is 2.79 bits per heavy atom. The van der Waals surface area contributed by atoms with Crippen LogP contribution in [0.25, 0.3) is 5.65 Å². The first kappa shape index (κ1) is 18.5. The molecule has 0 aliphatic carbocycles. The van der Waals surface area contributed by atoms with Crippen molar-refractivity contribution in [2.24, 2.45) is 4.99 Å². The molecule has 1 atom stereocenters. The van der Waals surface area contributed by atoms with Crippen molar-refractivity contribution in [3.05, 3.63) is 53.0 Å². The van der Waals surface area contributed by atoms with Gasteiger partial charge in [-0.15, -0.1) is 0 Å². The fraction of sp³-hybridized carbons (Fsp3) is 0.409. The largest absolute Gasteiger partial charge is 0.493 e. The summed E-state index contributed by atoms with van der Waals surface area (Å²) in [5, 5.41) is 4.60. The molecule has 3 heterocycles. The molecule has 0 N–H and O–H groups in total. The average molecular weight is 378 g/mol. The number of methoxy groups -OCH3 is 1. The Labute approximate surface area is 165 Å². The summed E-state index contributed by atoms with van der Waals surface area (Å²) in [6, 6.07) is 5.89. The summed E-state index contributed by atoms with van der Waals surface area (Å²) in [4.78, 5) is 9.68. The maximum Gasteiger partial charge on any atom is 0.198 e. The minimum atomic E-state index is -0.656. The summed E-state index contributed by atoms with van der Waals surface area (Å²) in [6.45, 7) is 8.32. The van der Waals surface area contributed by atoms with E-state index < -0.39 is 5.72 Å². The van der Waals surface area contributed by atoms with Crippen LogP contribution in [0.3, 0.4) is 0 Å². The van der Waals surface area contributed by atoms with Gasteiger partial charge in [-0.2, -0.15) is 5.10 Å². The minimum Gasteiger partial charge on any atom is -0.493 e. The van der Waals surface area contributed by atoms with Crippen molar-refractivity contribution in [2.75, 3.05) is 7.11 Å². The number of benzene rings is 1. The number of para-hydroxylation sites is 1. The number of aliphatic imine (C=N–C) groups is 1. The smallest absolute Gasteiger partial charge is 0.198 e. The number of imidazole rings is 1. The second kappa shape index (κ2) is 6.93. The predicted molar refractivity (Wildman–Crippen MR) is 110 cm³/mol. The third-order valence-corrected chi connectivity index (χ3v) is 5.39. The van der Waals surface area contributed by atoms with Gasteiger partial charge < -0.3 is 9.47 Å². The third-order valence-electron chi connectivity index (χ3n) is 5.39. The van der Waals surface area contributed by atoms with E-state index in [1.165, 1.54) is 0 Å². The Morgan fingerprint density at radius 2 is 2.04 bits per heavy atom. The molecule has 6 heteroatoms. The van der Waals surface area contributed by atoms with Gasteiger partial charge in [0.25, 0.3) is 0 Å². The van der Waals surface area contributed by atoms with E-state index in [2.05, 4.69) is 23.9 Å². The molecule has 28 heavy (non-hydrogen) atoms. The minimum absolute atomic E-state index is 0.656. The van der Waals surface area contributed by atoms with E-state index in [-0.39, 0.29) is 0 Å². The van der Waals surface area contributed by atoms with Gasteiger partial charge in [0, 0.05) is 12.0 Å². The summed E-state index contributed by atoms with van der Waals surface area (Å²) < 4.78 is 13.8. The highest BCUT2D eigenvalue weighted by molar-refractivity contribution is 6.14. The Hall–Kier alpha value is -2.89. The molecule has 0 saturated heterocycles. The number of aromatic nitrogens is 3. The zero-order valence-electron chi connectivity index (χ0n) is 17.1. The normalized spacial score (nSPS) is 18.5. The summed E-state index contributed by atoms with van der Waals surface area (Å²) >= 11 is 0. The van der Waals surface area contributed by atoms with Crippen molar-refractivity contribution < 1.29 is 9.47 Å². The van der Waals surface area contributed by atoms with Gasteiger partial charge in [0.1, 0.15) is 11.4 Å². The molecule has 146 valence electrons. The molecule has 3 aromatic rings. The lowest BCUT2D eigenvalue weighted by Crippen LogP contribution is -2.36. The Kier molecular flexibility index (Phi) is 4.57. The van der Waals surface area contributed by atoms with E-state index in [1.54, 1.807) is 7.11 Å². The van der Waals surface area contributed by atoms with Crippen molar-refractivity contribution in [1.29, 1.82) is 0 Å². The highest BCUT2D eigenvalue weighted by Crippen LogP contribution is 2.41. The first-order valence-corrected chi connectivity index (χ1v) is 9.74. The highest BCUT2D eigenvalue weighted by Gasteiger charge is 2.35. The van der Waals surface area contributed by atoms with Crippen LogP contribution in [0.4, 0.5) is 0 Å². The molecule has 1 aliphatic heterocycles. The number of hydrogen-bond acceptors (Lipinski definition) is 5. The van der Waals surface area contributed by atoms with Crippen molar-refractivity contribution in [2.45, 2.75) is 52.7 Å². The maximum absolute atomic E-state index is 6.36. The van der Waals surface area contributed by atoms with Crippen molar-refractivity contribution in [1.82, 2.24) is 14.6 Å². The van der Waals surface area contributed by atoms with Gasteiger partial charge in [0.15, 0.2) is 22.9 Å². The summed E-state index contributed by atoms with van der Waals surface area (Å²) in [5.41, 5.74) is 5.03. The molecule has 1 unspecified atom stereocenters. The number of unbranched alkanes of at least 4 members (excludes halogenated alkanes) is 1. The van der Waals surface area contributed by atoms with Crippen LogP contribution in [0.1, 0.15) is 55.5 Å². The molecular formula is C22H26N4O2. The quantitative estimate of drug-likeness (QED) is 0.656. The van der Waals surface area contributed by atoms with E-state index in [4.69, 9.17) is 14.5 Å². The SMILES string of the molecule is CCCCC1(C)N=C(c2cnc3c(C)c(C)cnn23)c2cccc(OC)c2O1. The lowest BCUT2D eigenvalue weighted by atomic mass is 10.00. The van der Waals surface area contributed by atoms with Gasteiger partial charge in [-0.25, -0.2) is 14.5 Å². The van der Waals surface area contributed by atoms with Gasteiger partial charge in [0.2, 0.25) is 0 Å². The van der Waals surface area contributed by atoms with Crippen LogP contribution in [0.15, 0.2) is 35.6 Å². The van der Waals surface area contributed by atoms with Crippen molar-refractivity contribution >= 4 is 11.4 Å². The molecule has 6 nitrogen and oxygen atoms in total. The van der Waals surface area contributed by atoms with Crippen LogP contribution in [-0.4, -0.2) is 33.1 Å². The van der Waals surface area contributed by atoms with E-state index in [1.807, 2.05) is 49.0 Å². The number of rotatable bonds is 5. The summed E-state index contributed by atoms with van der Waals surface area (Å²) in [6.07, 6.45) is 6.66. The molecule has 0 fully saturated rings.